The molecule has 21 heavy (non-hydrogen) atoms. The maximum atomic E-state index is 12.4. The fourth-order valence-corrected chi connectivity index (χ4v) is 3.59. The minimum absolute atomic E-state index is 0.310. The Morgan fingerprint density at radius 2 is 1.81 bits per heavy atom. The molecule has 0 amide bonds. The lowest BCUT2D eigenvalue weighted by Gasteiger charge is -2.26. The molecule has 0 unspecified atom stereocenters. The van der Waals surface area contributed by atoms with Gasteiger partial charge < -0.3 is 9.47 Å². The van der Waals surface area contributed by atoms with Gasteiger partial charge in [-0.15, -0.1) is 0 Å². The summed E-state index contributed by atoms with van der Waals surface area (Å²) in [6.07, 6.45) is 3.31. The van der Waals surface area contributed by atoms with Crippen LogP contribution in [0.4, 0.5) is 0 Å². The van der Waals surface area contributed by atoms with Crippen molar-refractivity contribution in [2.45, 2.75) is 31.1 Å². The van der Waals surface area contributed by atoms with Gasteiger partial charge in [0.25, 0.3) is 0 Å². The maximum Gasteiger partial charge on any atom is 0.243 e. The van der Waals surface area contributed by atoms with Crippen LogP contribution in [0.2, 0.25) is 0 Å². The van der Waals surface area contributed by atoms with Crippen molar-refractivity contribution in [1.82, 2.24) is 4.31 Å². The van der Waals surface area contributed by atoms with Crippen LogP contribution in [-0.2, 0) is 14.8 Å². The van der Waals surface area contributed by atoms with Gasteiger partial charge in [-0.05, 0) is 30.7 Å². The highest BCUT2D eigenvalue weighted by Gasteiger charge is 2.26. The molecular formula is C15H23NO4S. The summed E-state index contributed by atoms with van der Waals surface area (Å²) in [5, 5.41) is 0. The van der Waals surface area contributed by atoms with Gasteiger partial charge in [0.05, 0.1) is 24.7 Å². The van der Waals surface area contributed by atoms with Gasteiger partial charge in [0.1, 0.15) is 5.75 Å². The van der Waals surface area contributed by atoms with Crippen molar-refractivity contribution in [1.29, 1.82) is 0 Å². The highest BCUT2D eigenvalue weighted by Crippen LogP contribution is 2.20. The SMILES string of the molecule is CCCCCOc1ccc(S(=O)(=O)N2CCOCC2)cc1. The third-order valence-corrected chi connectivity index (χ3v) is 5.36. The molecule has 1 aromatic carbocycles. The van der Waals surface area contributed by atoms with Crippen molar-refractivity contribution in [3.8, 4) is 5.75 Å². The number of ether oxygens (including phenoxy) is 2. The van der Waals surface area contributed by atoms with E-state index in [1.165, 1.54) is 4.31 Å². The molecule has 0 radical (unpaired) electrons. The van der Waals surface area contributed by atoms with E-state index in [0.717, 1.165) is 19.3 Å². The van der Waals surface area contributed by atoms with Gasteiger partial charge in [0.15, 0.2) is 0 Å². The summed E-state index contributed by atoms with van der Waals surface area (Å²) < 4.78 is 37.1. The number of nitrogens with zero attached hydrogens (tertiary/aromatic N) is 1. The Labute approximate surface area is 126 Å². The number of hydrogen-bond donors (Lipinski definition) is 0. The number of benzene rings is 1. The first kappa shape index (κ1) is 16.3. The monoisotopic (exact) mass is 313 g/mol. The van der Waals surface area contributed by atoms with E-state index >= 15 is 0 Å². The first-order valence-corrected chi connectivity index (χ1v) is 8.89. The minimum Gasteiger partial charge on any atom is -0.494 e. The summed E-state index contributed by atoms with van der Waals surface area (Å²) in [5.41, 5.74) is 0. The standard InChI is InChI=1S/C15H23NO4S/c1-2-3-4-11-20-14-5-7-15(8-6-14)21(17,18)16-9-12-19-13-10-16/h5-8H,2-4,9-13H2,1H3. The van der Waals surface area contributed by atoms with Crippen molar-refractivity contribution in [2.75, 3.05) is 32.9 Å². The van der Waals surface area contributed by atoms with E-state index in [1.54, 1.807) is 24.3 Å². The normalized spacial score (nSPS) is 16.8. The summed E-state index contributed by atoms with van der Waals surface area (Å²) in [7, 11) is -3.41. The fourth-order valence-electron chi connectivity index (χ4n) is 2.19. The predicted molar refractivity (Wildman–Crippen MR) is 81.0 cm³/mol. The molecule has 0 bridgehead atoms. The van der Waals surface area contributed by atoms with Crippen LogP contribution in [0.25, 0.3) is 0 Å². The molecule has 5 nitrogen and oxygen atoms in total. The largest absolute Gasteiger partial charge is 0.494 e. The molecule has 1 fully saturated rings. The average Bonchev–Trinajstić information content (AvgIpc) is 2.53. The minimum atomic E-state index is -3.41. The van der Waals surface area contributed by atoms with Crippen LogP contribution >= 0.6 is 0 Å². The molecule has 6 heteroatoms. The second-order valence-corrected chi connectivity index (χ2v) is 6.98. The van der Waals surface area contributed by atoms with E-state index < -0.39 is 10.0 Å². The molecule has 1 aliphatic rings. The van der Waals surface area contributed by atoms with Crippen molar-refractivity contribution < 1.29 is 17.9 Å². The molecule has 1 saturated heterocycles. The second kappa shape index (κ2) is 7.77. The van der Waals surface area contributed by atoms with Gasteiger partial charge >= 0.3 is 0 Å². The van der Waals surface area contributed by atoms with Gasteiger partial charge in [-0.1, -0.05) is 19.8 Å². The summed E-state index contributed by atoms with van der Waals surface area (Å²) in [5.74, 6) is 0.715. The molecular weight excluding hydrogens is 290 g/mol. The van der Waals surface area contributed by atoms with Gasteiger partial charge in [0.2, 0.25) is 10.0 Å². The first-order chi connectivity index (χ1) is 10.1. The lowest BCUT2D eigenvalue weighted by Crippen LogP contribution is -2.40. The predicted octanol–water partition coefficient (Wildman–Crippen LogP) is 2.28. The van der Waals surface area contributed by atoms with E-state index in [2.05, 4.69) is 6.92 Å². The highest BCUT2D eigenvalue weighted by molar-refractivity contribution is 7.89. The van der Waals surface area contributed by atoms with Crippen LogP contribution in [0.5, 0.6) is 5.75 Å². The molecule has 0 aromatic heterocycles. The van der Waals surface area contributed by atoms with Gasteiger partial charge in [-0.3, -0.25) is 0 Å². The average molecular weight is 313 g/mol. The maximum absolute atomic E-state index is 12.4. The van der Waals surface area contributed by atoms with Crippen LogP contribution in [0.15, 0.2) is 29.2 Å². The number of unbranched alkanes of at least 4 members (excludes halogenated alkanes) is 2. The Morgan fingerprint density at radius 1 is 1.14 bits per heavy atom. The van der Waals surface area contributed by atoms with Crippen molar-refractivity contribution in [3.63, 3.8) is 0 Å². The highest BCUT2D eigenvalue weighted by atomic mass is 32.2. The third-order valence-electron chi connectivity index (χ3n) is 3.45. The summed E-state index contributed by atoms with van der Waals surface area (Å²) in [6.45, 7) is 4.56. The number of sulfonamides is 1. The molecule has 0 saturated carbocycles. The molecule has 0 spiro atoms. The molecule has 0 aliphatic carbocycles. The zero-order valence-electron chi connectivity index (χ0n) is 12.5. The molecule has 2 rings (SSSR count). The van der Waals surface area contributed by atoms with Crippen molar-refractivity contribution in [2.24, 2.45) is 0 Å². The summed E-state index contributed by atoms with van der Waals surface area (Å²) >= 11 is 0. The zero-order chi connectivity index (χ0) is 15.1. The molecule has 118 valence electrons. The first-order valence-electron chi connectivity index (χ1n) is 7.45. The van der Waals surface area contributed by atoms with E-state index in [1.807, 2.05) is 0 Å². The molecule has 0 N–H and O–H groups in total. The van der Waals surface area contributed by atoms with E-state index in [9.17, 15) is 8.42 Å². The Morgan fingerprint density at radius 3 is 2.43 bits per heavy atom. The number of rotatable bonds is 7. The number of morpholine rings is 1. The third kappa shape index (κ3) is 4.43. The van der Waals surface area contributed by atoms with E-state index in [4.69, 9.17) is 9.47 Å². The molecule has 1 heterocycles. The lowest BCUT2D eigenvalue weighted by molar-refractivity contribution is 0.0730. The fraction of sp³-hybridized carbons (Fsp3) is 0.600. The smallest absolute Gasteiger partial charge is 0.243 e. The second-order valence-electron chi connectivity index (χ2n) is 5.04. The Kier molecular flexibility index (Phi) is 6.02. The topological polar surface area (TPSA) is 55.8 Å². The van der Waals surface area contributed by atoms with Gasteiger partial charge in [-0.25, -0.2) is 8.42 Å². The summed E-state index contributed by atoms with van der Waals surface area (Å²) in [6, 6.07) is 6.67. The zero-order valence-corrected chi connectivity index (χ0v) is 13.3. The van der Waals surface area contributed by atoms with Crippen LogP contribution in [0, 0.1) is 0 Å². The Bertz CT molecular complexity index is 521. The lowest BCUT2D eigenvalue weighted by atomic mass is 10.3. The van der Waals surface area contributed by atoms with Crippen LogP contribution < -0.4 is 4.74 Å². The van der Waals surface area contributed by atoms with Gasteiger partial charge in [0, 0.05) is 13.1 Å². The number of hydrogen-bond acceptors (Lipinski definition) is 4. The Hall–Kier alpha value is -1.11. The van der Waals surface area contributed by atoms with E-state index in [-0.39, 0.29) is 0 Å². The van der Waals surface area contributed by atoms with Crippen molar-refractivity contribution >= 4 is 10.0 Å². The molecule has 1 aliphatic heterocycles. The van der Waals surface area contributed by atoms with Crippen LogP contribution in [-0.4, -0.2) is 45.6 Å². The Balaban J connectivity index is 1.97. The molecule has 0 atom stereocenters. The van der Waals surface area contributed by atoms with E-state index in [0.29, 0.717) is 43.6 Å². The summed E-state index contributed by atoms with van der Waals surface area (Å²) in [4.78, 5) is 0.310. The quantitative estimate of drug-likeness (QED) is 0.725. The van der Waals surface area contributed by atoms with Crippen LogP contribution in [0.1, 0.15) is 26.2 Å². The molecule has 1 aromatic rings. The van der Waals surface area contributed by atoms with Crippen LogP contribution in [0.3, 0.4) is 0 Å². The van der Waals surface area contributed by atoms with Crippen molar-refractivity contribution in [3.05, 3.63) is 24.3 Å². The van der Waals surface area contributed by atoms with Gasteiger partial charge in [-0.2, -0.15) is 4.31 Å².